The molecule has 2 heterocycles. The summed E-state index contributed by atoms with van der Waals surface area (Å²) in [7, 11) is 2.02. The molecular weight excluding hydrogens is 186 g/mol. The van der Waals surface area contributed by atoms with Gasteiger partial charge in [-0.1, -0.05) is 0 Å². The van der Waals surface area contributed by atoms with Crippen LogP contribution in [0.3, 0.4) is 0 Å². The molecule has 0 unspecified atom stereocenters. The van der Waals surface area contributed by atoms with Crippen LogP contribution < -0.4 is 4.57 Å². The van der Waals surface area contributed by atoms with Gasteiger partial charge in [-0.3, -0.25) is 5.01 Å². The molecule has 0 saturated carbocycles. The summed E-state index contributed by atoms with van der Waals surface area (Å²) < 4.78 is 2.03. The topological polar surface area (TPSA) is 19.5 Å². The molecule has 1 aliphatic rings. The van der Waals surface area contributed by atoms with E-state index >= 15 is 0 Å². The van der Waals surface area contributed by atoms with E-state index in [1.807, 2.05) is 30.2 Å². The molecule has 0 radical (unpaired) electrons. The van der Waals surface area contributed by atoms with Gasteiger partial charge in [-0.05, 0) is 19.3 Å². The first-order valence-electron chi connectivity index (χ1n) is 5.59. The monoisotopic (exact) mass is 204 g/mol. The average molecular weight is 204 g/mol. The number of hydrogen-bond donors (Lipinski definition) is 0. The molecular formula is C12H18N3+. The van der Waals surface area contributed by atoms with Gasteiger partial charge >= 0.3 is 0 Å². The zero-order valence-electron chi connectivity index (χ0n) is 9.26. The van der Waals surface area contributed by atoms with Crippen molar-refractivity contribution in [2.45, 2.75) is 19.3 Å². The maximum atomic E-state index is 4.48. The van der Waals surface area contributed by atoms with E-state index in [9.17, 15) is 0 Å². The minimum atomic E-state index is 1.11. The molecule has 0 aliphatic carbocycles. The van der Waals surface area contributed by atoms with E-state index in [2.05, 4.69) is 22.2 Å². The summed E-state index contributed by atoms with van der Waals surface area (Å²) in [5.41, 5.74) is 1.17. The normalized spacial score (nSPS) is 17.3. The number of pyridine rings is 1. The Morgan fingerprint density at radius 2 is 1.87 bits per heavy atom. The van der Waals surface area contributed by atoms with Gasteiger partial charge in [-0.2, -0.15) is 5.10 Å². The van der Waals surface area contributed by atoms with E-state index in [4.69, 9.17) is 0 Å². The molecule has 80 valence electrons. The minimum Gasteiger partial charge on any atom is -0.297 e. The Hall–Kier alpha value is -1.38. The highest BCUT2D eigenvalue weighted by Crippen LogP contribution is 2.08. The maximum Gasteiger partial charge on any atom is 0.169 e. The number of nitrogens with zero attached hydrogens (tertiary/aromatic N) is 3. The van der Waals surface area contributed by atoms with E-state index < -0.39 is 0 Å². The zero-order valence-corrected chi connectivity index (χ0v) is 9.26. The maximum absolute atomic E-state index is 4.48. The van der Waals surface area contributed by atoms with E-state index in [1.54, 1.807) is 0 Å². The molecule has 1 saturated heterocycles. The third kappa shape index (κ3) is 3.05. The highest BCUT2D eigenvalue weighted by Gasteiger charge is 2.05. The molecule has 1 fully saturated rings. The fourth-order valence-corrected chi connectivity index (χ4v) is 1.74. The third-order valence-corrected chi connectivity index (χ3v) is 2.71. The second-order valence-electron chi connectivity index (χ2n) is 4.06. The number of rotatable bonds is 2. The molecule has 0 bridgehead atoms. The number of hydrazone groups is 1. The Balaban J connectivity index is 1.95. The van der Waals surface area contributed by atoms with Crippen LogP contribution in [0.5, 0.6) is 0 Å². The number of piperidine rings is 1. The quantitative estimate of drug-likeness (QED) is 0.525. The van der Waals surface area contributed by atoms with Crippen molar-refractivity contribution in [3.05, 3.63) is 30.1 Å². The van der Waals surface area contributed by atoms with E-state index in [-0.39, 0.29) is 0 Å². The van der Waals surface area contributed by atoms with Gasteiger partial charge in [0.15, 0.2) is 12.4 Å². The highest BCUT2D eigenvalue weighted by atomic mass is 15.4. The molecule has 3 heteroatoms. The van der Waals surface area contributed by atoms with Crippen molar-refractivity contribution in [2.24, 2.45) is 12.1 Å². The lowest BCUT2D eigenvalue weighted by atomic mass is 10.2. The summed E-state index contributed by atoms with van der Waals surface area (Å²) in [5.74, 6) is 0. The molecule has 0 aromatic carbocycles. The van der Waals surface area contributed by atoms with Crippen molar-refractivity contribution in [1.29, 1.82) is 0 Å². The van der Waals surface area contributed by atoms with Crippen molar-refractivity contribution in [3.8, 4) is 0 Å². The second-order valence-corrected chi connectivity index (χ2v) is 4.06. The van der Waals surface area contributed by atoms with Crippen molar-refractivity contribution in [1.82, 2.24) is 5.01 Å². The highest BCUT2D eigenvalue weighted by molar-refractivity contribution is 5.78. The van der Waals surface area contributed by atoms with Crippen LogP contribution in [0.4, 0.5) is 0 Å². The number of aromatic nitrogens is 1. The first-order valence-corrected chi connectivity index (χ1v) is 5.59. The van der Waals surface area contributed by atoms with Gasteiger partial charge < -0.3 is 0 Å². The molecule has 3 nitrogen and oxygen atoms in total. The number of hydrogen-bond acceptors (Lipinski definition) is 2. The summed E-state index contributed by atoms with van der Waals surface area (Å²) in [4.78, 5) is 0. The Kier molecular flexibility index (Phi) is 3.33. The van der Waals surface area contributed by atoms with Crippen molar-refractivity contribution in [3.63, 3.8) is 0 Å². The van der Waals surface area contributed by atoms with Gasteiger partial charge in [0.2, 0.25) is 0 Å². The molecule has 1 aromatic rings. The van der Waals surface area contributed by atoms with Crippen LogP contribution in [0, 0.1) is 0 Å². The molecule has 0 amide bonds. The second kappa shape index (κ2) is 4.91. The van der Waals surface area contributed by atoms with Crippen LogP contribution >= 0.6 is 0 Å². The first kappa shape index (κ1) is 10.1. The van der Waals surface area contributed by atoms with Crippen LogP contribution in [0.15, 0.2) is 29.6 Å². The lowest BCUT2D eigenvalue weighted by Gasteiger charge is -2.23. The first-order chi connectivity index (χ1) is 7.34. The SMILES string of the molecule is C[n+]1ccc(/C=N/N2CCCCC2)cc1. The smallest absolute Gasteiger partial charge is 0.169 e. The summed E-state index contributed by atoms with van der Waals surface area (Å²) in [5, 5.41) is 6.65. The largest absolute Gasteiger partial charge is 0.297 e. The molecule has 1 aromatic heterocycles. The number of aryl methyl sites for hydroxylation is 1. The summed E-state index contributed by atoms with van der Waals surface area (Å²) >= 11 is 0. The molecule has 0 N–H and O–H groups in total. The van der Waals surface area contributed by atoms with Crippen LogP contribution in [0.2, 0.25) is 0 Å². The van der Waals surface area contributed by atoms with Crippen molar-refractivity contribution >= 4 is 6.21 Å². The molecule has 0 atom stereocenters. The van der Waals surface area contributed by atoms with Crippen LogP contribution in [-0.2, 0) is 7.05 Å². The van der Waals surface area contributed by atoms with Crippen LogP contribution in [-0.4, -0.2) is 24.3 Å². The lowest BCUT2D eigenvalue weighted by Crippen LogP contribution is -2.26. The van der Waals surface area contributed by atoms with Crippen LogP contribution in [0.25, 0.3) is 0 Å². The molecule has 1 aliphatic heterocycles. The molecule has 15 heavy (non-hydrogen) atoms. The van der Waals surface area contributed by atoms with Crippen molar-refractivity contribution < 1.29 is 4.57 Å². The average Bonchev–Trinajstić information content (AvgIpc) is 2.30. The summed E-state index contributed by atoms with van der Waals surface area (Å²) in [6.07, 6.45) is 9.94. The van der Waals surface area contributed by atoms with Gasteiger partial charge in [-0.15, -0.1) is 0 Å². The molecule has 0 spiro atoms. The van der Waals surface area contributed by atoms with Crippen molar-refractivity contribution in [2.75, 3.05) is 13.1 Å². The van der Waals surface area contributed by atoms with Gasteiger partial charge in [-0.25, -0.2) is 4.57 Å². The standard InChI is InChI=1S/C12H18N3/c1-14-9-5-12(6-10-14)11-13-15-7-3-2-4-8-15/h5-6,9-11H,2-4,7-8H2,1H3/q+1. The Labute approximate surface area is 91.0 Å². The van der Waals surface area contributed by atoms with E-state index in [1.165, 1.54) is 24.8 Å². The molecule has 2 rings (SSSR count). The van der Waals surface area contributed by atoms with E-state index in [0.717, 1.165) is 13.1 Å². The fraction of sp³-hybridized carbons (Fsp3) is 0.500. The minimum absolute atomic E-state index is 1.11. The summed E-state index contributed by atoms with van der Waals surface area (Å²) in [6.45, 7) is 2.22. The zero-order chi connectivity index (χ0) is 10.5. The summed E-state index contributed by atoms with van der Waals surface area (Å²) in [6, 6.07) is 4.15. The Morgan fingerprint density at radius 3 is 2.53 bits per heavy atom. The van der Waals surface area contributed by atoms with Gasteiger partial charge in [0.05, 0.1) is 6.21 Å². The van der Waals surface area contributed by atoms with Gasteiger partial charge in [0.1, 0.15) is 7.05 Å². The van der Waals surface area contributed by atoms with E-state index in [0.29, 0.717) is 0 Å². The third-order valence-electron chi connectivity index (χ3n) is 2.71. The van der Waals surface area contributed by atoms with Crippen LogP contribution in [0.1, 0.15) is 24.8 Å². The van der Waals surface area contributed by atoms with Gasteiger partial charge in [0, 0.05) is 30.8 Å². The Bertz CT molecular complexity index is 323. The predicted octanol–water partition coefficient (Wildman–Crippen LogP) is 1.33. The fourth-order valence-electron chi connectivity index (χ4n) is 1.74. The van der Waals surface area contributed by atoms with Gasteiger partial charge in [0.25, 0.3) is 0 Å². The lowest BCUT2D eigenvalue weighted by molar-refractivity contribution is -0.671. The Morgan fingerprint density at radius 1 is 1.20 bits per heavy atom. The predicted molar refractivity (Wildman–Crippen MR) is 60.6 cm³/mol.